The van der Waals surface area contributed by atoms with E-state index in [-0.39, 0.29) is 0 Å². The molecule has 3 heteroatoms. The maximum atomic E-state index is 4.01. The molecule has 0 aliphatic carbocycles. The number of nitrogens with one attached hydrogen (secondary N) is 1. The first kappa shape index (κ1) is 11.3. The summed E-state index contributed by atoms with van der Waals surface area (Å²) in [6.07, 6.45) is 6.01. The lowest BCUT2D eigenvalue weighted by Gasteiger charge is -2.03. The van der Waals surface area contributed by atoms with Crippen LogP contribution in [0.3, 0.4) is 0 Å². The largest absolute Gasteiger partial charge is 0.312 e. The molecular weight excluding hydrogens is 216 g/mol. The molecule has 2 aromatic heterocycles. The molecule has 0 unspecified atom stereocenters. The van der Waals surface area contributed by atoms with E-state index in [4.69, 9.17) is 0 Å². The zero-order valence-electron chi connectivity index (χ0n) is 9.23. The van der Waals surface area contributed by atoms with E-state index in [1.807, 2.05) is 12.4 Å². The predicted octanol–water partition coefficient (Wildman–Crippen LogP) is 2.87. The van der Waals surface area contributed by atoms with Gasteiger partial charge in [0.2, 0.25) is 0 Å². The fourth-order valence-corrected chi connectivity index (χ4v) is 2.27. The second-order valence-corrected chi connectivity index (χ2v) is 4.75. The van der Waals surface area contributed by atoms with Crippen molar-refractivity contribution in [2.24, 2.45) is 0 Å². The Morgan fingerprint density at radius 3 is 2.81 bits per heavy atom. The number of thiophene rings is 1. The number of rotatable bonds is 6. The molecule has 1 N–H and O–H groups in total. The molecule has 0 fully saturated rings. The predicted molar refractivity (Wildman–Crippen MR) is 68.6 cm³/mol. The van der Waals surface area contributed by atoms with Crippen molar-refractivity contribution in [1.82, 2.24) is 10.3 Å². The van der Waals surface area contributed by atoms with Crippen LogP contribution in [0.25, 0.3) is 0 Å². The smallest absolute Gasteiger partial charge is 0.0299 e. The van der Waals surface area contributed by atoms with Crippen LogP contribution in [0, 0.1) is 0 Å². The van der Waals surface area contributed by atoms with Crippen molar-refractivity contribution < 1.29 is 0 Å². The van der Waals surface area contributed by atoms with Crippen molar-refractivity contribution in [3.8, 4) is 0 Å². The molecule has 0 radical (unpaired) electrons. The Hall–Kier alpha value is -1.19. The second kappa shape index (κ2) is 6.40. The van der Waals surface area contributed by atoms with Crippen molar-refractivity contribution in [2.45, 2.75) is 19.4 Å². The van der Waals surface area contributed by atoms with Gasteiger partial charge in [-0.2, -0.15) is 0 Å². The lowest BCUT2D eigenvalue weighted by atomic mass is 10.1. The minimum absolute atomic E-state index is 0.994. The fraction of sp³-hybridized carbons (Fsp3) is 0.308. The Morgan fingerprint density at radius 1 is 1.19 bits per heavy atom. The normalized spacial score (nSPS) is 10.5. The van der Waals surface area contributed by atoms with Crippen LogP contribution in [-0.4, -0.2) is 11.5 Å². The molecule has 0 spiro atoms. The molecule has 2 aromatic rings. The average Bonchev–Trinajstić information content (AvgIpc) is 2.83. The van der Waals surface area contributed by atoms with Gasteiger partial charge in [0, 0.05) is 23.8 Å². The molecule has 0 aromatic carbocycles. The molecule has 0 atom stereocenters. The molecule has 2 rings (SSSR count). The lowest BCUT2D eigenvalue weighted by Crippen LogP contribution is -2.14. The highest BCUT2D eigenvalue weighted by molar-refractivity contribution is 7.09. The van der Waals surface area contributed by atoms with Gasteiger partial charge in [-0.15, -0.1) is 11.3 Å². The van der Waals surface area contributed by atoms with Crippen LogP contribution in [0.2, 0.25) is 0 Å². The molecule has 84 valence electrons. The Kier molecular flexibility index (Phi) is 4.52. The highest BCUT2D eigenvalue weighted by atomic mass is 32.1. The van der Waals surface area contributed by atoms with Gasteiger partial charge in [-0.25, -0.2) is 0 Å². The maximum Gasteiger partial charge on any atom is 0.0299 e. The summed E-state index contributed by atoms with van der Waals surface area (Å²) in [4.78, 5) is 5.42. The van der Waals surface area contributed by atoms with E-state index < -0.39 is 0 Å². The van der Waals surface area contributed by atoms with E-state index in [2.05, 4.69) is 39.9 Å². The standard InChI is InChI=1S/C13H16N2S/c1(3-12-5-8-14-9-6-12)7-15-11-13-4-2-10-16-13/h2,4-6,8-10,15H,1,3,7,11H2. The van der Waals surface area contributed by atoms with E-state index in [0.29, 0.717) is 0 Å². The van der Waals surface area contributed by atoms with Gasteiger partial charge in [0.1, 0.15) is 0 Å². The molecule has 2 heterocycles. The minimum Gasteiger partial charge on any atom is -0.312 e. The van der Waals surface area contributed by atoms with Gasteiger partial charge in [-0.3, -0.25) is 4.98 Å². The highest BCUT2D eigenvalue weighted by Gasteiger charge is 1.94. The first-order valence-corrected chi connectivity index (χ1v) is 6.45. The van der Waals surface area contributed by atoms with Crippen LogP contribution in [0.1, 0.15) is 16.9 Å². The van der Waals surface area contributed by atoms with Crippen LogP contribution in [0.4, 0.5) is 0 Å². The number of hydrogen-bond acceptors (Lipinski definition) is 3. The number of aromatic nitrogens is 1. The van der Waals surface area contributed by atoms with Gasteiger partial charge in [0.25, 0.3) is 0 Å². The van der Waals surface area contributed by atoms with Gasteiger partial charge in [-0.05, 0) is 48.5 Å². The summed E-state index contributed by atoms with van der Waals surface area (Å²) in [7, 11) is 0. The van der Waals surface area contributed by atoms with Crippen molar-refractivity contribution in [3.63, 3.8) is 0 Å². The summed E-state index contributed by atoms with van der Waals surface area (Å²) in [6, 6.07) is 8.43. The van der Waals surface area contributed by atoms with Gasteiger partial charge in [0.05, 0.1) is 0 Å². The van der Waals surface area contributed by atoms with Crippen LogP contribution in [0.15, 0.2) is 42.0 Å². The number of pyridine rings is 1. The van der Waals surface area contributed by atoms with Crippen molar-refractivity contribution in [2.75, 3.05) is 6.54 Å². The van der Waals surface area contributed by atoms with Crippen LogP contribution >= 0.6 is 11.3 Å². The van der Waals surface area contributed by atoms with Crippen LogP contribution < -0.4 is 5.32 Å². The highest BCUT2D eigenvalue weighted by Crippen LogP contribution is 2.07. The average molecular weight is 232 g/mol. The summed E-state index contributed by atoms with van der Waals surface area (Å²) >= 11 is 1.81. The van der Waals surface area contributed by atoms with E-state index in [0.717, 1.165) is 19.5 Å². The summed E-state index contributed by atoms with van der Waals surface area (Å²) < 4.78 is 0. The molecule has 0 amide bonds. The summed E-state index contributed by atoms with van der Waals surface area (Å²) in [5.74, 6) is 0. The molecule has 0 saturated carbocycles. The van der Waals surface area contributed by atoms with Crippen LogP contribution in [-0.2, 0) is 13.0 Å². The molecule has 0 saturated heterocycles. The molecule has 16 heavy (non-hydrogen) atoms. The quantitative estimate of drug-likeness (QED) is 0.775. The van der Waals surface area contributed by atoms with E-state index >= 15 is 0 Å². The third kappa shape index (κ3) is 3.76. The van der Waals surface area contributed by atoms with Crippen molar-refractivity contribution >= 4 is 11.3 Å². The van der Waals surface area contributed by atoms with Crippen molar-refractivity contribution in [1.29, 1.82) is 0 Å². The van der Waals surface area contributed by atoms with E-state index in [1.54, 1.807) is 11.3 Å². The third-order valence-electron chi connectivity index (χ3n) is 2.45. The Morgan fingerprint density at radius 2 is 2.06 bits per heavy atom. The molecule has 0 aliphatic rings. The zero-order chi connectivity index (χ0) is 11.1. The van der Waals surface area contributed by atoms with Gasteiger partial charge in [0.15, 0.2) is 0 Å². The maximum absolute atomic E-state index is 4.01. The van der Waals surface area contributed by atoms with Gasteiger partial charge >= 0.3 is 0 Å². The third-order valence-corrected chi connectivity index (χ3v) is 3.32. The van der Waals surface area contributed by atoms with Crippen LogP contribution in [0.5, 0.6) is 0 Å². The number of nitrogens with zero attached hydrogens (tertiary/aromatic N) is 1. The fourth-order valence-electron chi connectivity index (χ4n) is 1.59. The Bertz CT molecular complexity index is 384. The first-order chi connectivity index (χ1) is 7.95. The van der Waals surface area contributed by atoms with Crippen molar-refractivity contribution in [3.05, 3.63) is 52.5 Å². The molecule has 0 aliphatic heterocycles. The first-order valence-electron chi connectivity index (χ1n) is 5.57. The summed E-state index contributed by atoms with van der Waals surface area (Å²) in [5.41, 5.74) is 1.37. The molecule has 2 nitrogen and oxygen atoms in total. The van der Waals surface area contributed by atoms with Gasteiger partial charge in [-0.1, -0.05) is 6.07 Å². The number of hydrogen-bond donors (Lipinski definition) is 1. The monoisotopic (exact) mass is 232 g/mol. The summed E-state index contributed by atoms with van der Waals surface area (Å²) in [5, 5.41) is 5.57. The molecular formula is C13H16N2S. The Labute approximate surface area is 100 Å². The molecule has 0 bridgehead atoms. The topological polar surface area (TPSA) is 24.9 Å². The second-order valence-electron chi connectivity index (χ2n) is 3.72. The summed E-state index contributed by atoms with van der Waals surface area (Å²) in [6.45, 7) is 2.06. The minimum atomic E-state index is 0.994. The Balaban J connectivity index is 1.59. The SMILES string of the molecule is c1csc(CNCCCc2ccncc2)c1. The lowest BCUT2D eigenvalue weighted by molar-refractivity contribution is 0.654. The number of aryl methyl sites for hydroxylation is 1. The van der Waals surface area contributed by atoms with E-state index in [1.165, 1.54) is 16.9 Å². The zero-order valence-corrected chi connectivity index (χ0v) is 10.0. The van der Waals surface area contributed by atoms with Gasteiger partial charge < -0.3 is 5.32 Å². The van der Waals surface area contributed by atoms with E-state index in [9.17, 15) is 0 Å².